The minimum absolute atomic E-state index is 0.153. The number of hydrogen-bond donors (Lipinski definition) is 1. The third-order valence-corrected chi connectivity index (χ3v) is 2.75. The van der Waals surface area contributed by atoms with E-state index in [1.54, 1.807) is 6.92 Å². The average molecular weight is 221 g/mol. The third-order valence-electron chi connectivity index (χ3n) is 1.43. The van der Waals surface area contributed by atoms with Gasteiger partial charge in [-0.05, 0) is 6.92 Å². The van der Waals surface area contributed by atoms with Gasteiger partial charge in [-0.25, -0.2) is 0 Å². The Morgan fingerprint density at radius 1 is 1.57 bits per heavy atom. The van der Waals surface area contributed by atoms with Crippen molar-refractivity contribution in [3.05, 3.63) is 12.2 Å². The van der Waals surface area contributed by atoms with Gasteiger partial charge in [0.1, 0.15) is 0 Å². The molecule has 0 saturated carbocycles. The van der Waals surface area contributed by atoms with E-state index in [1.807, 2.05) is 0 Å². The van der Waals surface area contributed by atoms with Crippen LogP contribution in [0.15, 0.2) is 12.2 Å². The maximum Gasteiger partial charge on any atom is 0.327 e. The van der Waals surface area contributed by atoms with Crippen molar-refractivity contribution in [1.82, 2.24) is 5.32 Å². The number of carbonyl (C=O) groups is 1. The molecule has 0 spiro atoms. The molecule has 14 heavy (non-hydrogen) atoms. The Kier molecular flexibility index (Phi) is 5.69. The molecule has 1 unspecified atom stereocenters. The molecule has 0 aromatic heterocycles. The molecule has 0 radical (unpaired) electrons. The summed E-state index contributed by atoms with van der Waals surface area (Å²) >= 11 is 0. The number of hydrogen-bond acceptors (Lipinski definition) is 4. The molecule has 0 aliphatic carbocycles. The molecule has 0 aliphatic rings. The van der Waals surface area contributed by atoms with Gasteiger partial charge in [-0.1, -0.05) is 6.58 Å². The van der Waals surface area contributed by atoms with Crippen LogP contribution in [-0.4, -0.2) is 32.8 Å². The minimum atomic E-state index is -2.93. The third kappa shape index (κ3) is 5.91. The van der Waals surface area contributed by atoms with Crippen LogP contribution in [0.25, 0.3) is 0 Å². The van der Waals surface area contributed by atoms with Crippen LogP contribution in [0.2, 0.25) is 0 Å². The van der Waals surface area contributed by atoms with Gasteiger partial charge in [0.25, 0.3) is 0 Å². The summed E-state index contributed by atoms with van der Waals surface area (Å²) in [6, 6.07) is 0. The molecule has 0 bridgehead atoms. The first-order valence-electron chi connectivity index (χ1n) is 4.10. The lowest BCUT2D eigenvalue weighted by molar-refractivity contribution is -0.117. The van der Waals surface area contributed by atoms with E-state index in [4.69, 9.17) is 4.52 Å². The van der Waals surface area contributed by atoms with E-state index in [2.05, 4.69) is 16.4 Å². The first-order chi connectivity index (χ1) is 6.39. The van der Waals surface area contributed by atoms with E-state index in [-0.39, 0.29) is 19.1 Å². The summed E-state index contributed by atoms with van der Waals surface area (Å²) in [5.41, 5.74) is 0.427. The fourth-order valence-electron chi connectivity index (χ4n) is 0.580. The number of amides is 1. The summed E-state index contributed by atoms with van der Waals surface area (Å²) in [5, 5.41) is 2.54. The second-order valence-corrected chi connectivity index (χ2v) is 4.99. The van der Waals surface area contributed by atoms with Gasteiger partial charge in [0.05, 0.1) is 6.61 Å². The highest BCUT2D eigenvalue weighted by Gasteiger charge is 2.13. The van der Waals surface area contributed by atoms with Crippen molar-refractivity contribution < 1.29 is 18.4 Å². The van der Waals surface area contributed by atoms with Crippen molar-refractivity contribution >= 4 is 13.5 Å². The second-order valence-electron chi connectivity index (χ2n) is 2.82. The Morgan fingerprint density at radius 2 is 2.14 bits per heavy atom. The second kappa shape index (κ2) is 5.96. The first-order valence-corrected chi connectivity index (χ1v) is 6.09. The molecule has 6 heteroatoms. The van der Waals surface area contributed by atoms with Crippen molar-refractivity contribution in [2.45, 2.75) is 6.92 Å². The summed E-state index contributed by atoms with van der Waals surface area (Å²) in [7, 11) is -1.62. The molecule has 0 heterocycles. The zero-order valence-corrected chi connectivity index (χ0v) is 9.60. The van der Waals surface area contributed by atoms with E-state index in [9.17, 15) is 9.36 Å². The van der Waals surface area contributed by atoms with E-state index in [0.29, 0.717) is 5.57 Å². The van der Waals surface area contributed by atoms with Crippen LogP contribution >= 0.6 is 7.60 Å². The number of rotatable bonds is 6. The molecule has 0 aromatic carbocycles. The molecule has 0 rings (SSSR count). The van der Waals surface area contributed by atoms with Crippen LogP contribution in [0.5, 0.6) is 0 Å². The lowest BCUT2D eigenvalue weighted by atomic mass is 10.3. The quantitative estimate of drug-likeness (QED) is 0.415. The van der Waals surface area contributed by atoms with E-state index < -0.39 is 7.60 Å². The zero-order valence-electron chi connectivity index (χ0n) is 8.70. The zero-order chi connectivity index (χ0) is 11.2. The highest BCUT2D eigenvalue weighted by atomic mass is 31.2. The maximum atomic E-state index is 11.2. The molecule has 0 aliphatic heterocycles. The van der Waals surface area contributed by atoms with Crippen molar-refractivity contribution in [3.8, 4) is 0 Å². The van der Waals surface area contributed by atoms with Gasteiger partial charge >= 0.3 is 7.60 Å². The maximum absolute atomic E-state index is 11.2. The van der Waals surface area contributed by atoms with E-state index in [0.717, 1.165) is 0 Å². The molecule has 82 valence electrons. The lowest BCUT2D eigenvalue weighted by Gasteiger charge is -2.11. The summed E-state index contributed by atoms with van der Waals surface area (Å²) in [6.45, 7) is 6.88. The summed E-state index contributed by atoms with van der Waals surface area (Å²) < 4.78 is 20.7. The first kappa shape index (κ1) is 13.4. The lowest BCUT2D eigenvalue weighted by Crippen LogP contribution is -2.27. The smallest absolute Gasteiger partial charge is 0.327 e. The molecule has 1 N–H and O–H groups in total. The van der Waals surface area contributed by atoms with Gasteiger partial charge in [0.15, 0.2) is 0 Å². The Labute approximate surface area is 84.0 Å². The fraction of sp³-hybridized carbons (Fsp3) is 0.625. The van der Waals surface area contributed by atoms with Gasteiger partial charge < -0.3 is 14.4 Å². The van der Waals surface area contributed by atoms with Crippen LogP contribution in [0, 0.1) is 0 Å². The summed E-state index contributed by atoms with van der Waals surface area (Å²) in [6.07, 6.45) is 0. The predicted octanol–water partition coefficient (Wildman–Crippen LogP) is 1.16. The van der Waals surface area contributed by atoms with Crippen LogP contribution in [-0.2, 0) is 18.4 Å². The number of nitrogens with one attached hydrogen (secondary N) is 1. The van der Waals surface area contributed by atoms with Crippen LogP contribution in [0.3, 0.4) is 0 Å². The van der Waals surface area contributed by atoms with Crippen molar-refractivity contribution in [1.29, 1.82) is 0 Å². The molecule has 0 saturated heterocycles. The molecular formula is C8H16NO4P. The minimum Gasteiger partial charge on any atom is -0.350 e. The molecule has 0 fully saturated rings. The molecular weight excluding hydrogens is 205 g/mol. The van der Waals surface area contributed by atoms with Gasteiger partial charge in [-0.2, -0.15) is 0 Å². The average Bonchev–Trinajstić information content (AvgIpc) is 2.12. The molecule has 1 atom stereocenters. The topological polar surface area (TPSA) is 64.6 Å². The highest BCUT2D eigenvalue weighted by Crippen LogP contribution is 2.42. The predicted molar refractivity (Wildman–Crippen MR) is 54.3 cm³/mol. The summed E-state index contributed by atoms with van der Waals surface area (Å²) in [4.78, 5) is 11.0. The van der Waals surface area contributed by atoms with Gasteiger partial charge in [-0.15, -0.1) is 0 Å². The van der Waals surface area contributed by atoms with Crippen molar-refractivity contribution in [2.75, 3.05) is 26.9 Å². The Hall–Kier alpha value is -0.640. The molecule has 0 aromatic rings. The van der Waals surface area contributed by atoms with Gasteiger partial charge in [0.2, 0.25) is 5.91 Å². The van der Waals surface area contributed by atoms with Crippen LogP contribution in [0.1, 0.15) is 6.92 Å². The van der Waals surface area contributed by atoms with Gasteiger partial charge in [-0.3, -0.25) is 9.36 Å². The van der Waals surface area contributed by atoms with Crippen molar-refractivity contribution in [3.63, 3.8) is 0 Å². The Bertz CT molecular complexity index is 264. The SMILES string of the molecule is C=C(C)C(=O)NCCOP(C)(=O)OC. The monoisotopic (exact) mass is 221 g/mol. The van der Waals surface area contributed by atoms with E-state index >= 15 is 0 Å². The highest BCUT2D eigenvalue weighted by molar-refractivity contribution is 7.52. The van der Waals surface area contributed by atoms with Gasteiger partial charge in [0, 0.05) is 25.9 Å². The Morgan fingerprint density at radius 3 is 2.57 bits per heavy atom. The van der Waals surface area contributed by atoms with Crippen LogP contribution in [0.4, 0.5) is 0 Å². The normalized spacial score (nSPS) is 14.5. The van der Waals surface area contributed by atoms with Crippen LogP contribution < -0.4 is 5.32 Å². The molecule has 1 amide bonds. The molecule has 5 nitrogen and oxygen atoms in total. The fourth-order valence-corrected chi connectivity index (χ4v) is 1.11. The largest absolute Gasteiger partial charge is 0.350 e. The number of carbonyl (C=O) groups excluding carboxylic acids is 1. The van der Waals surface area contributed by atoms with E-state index in [1.165, 1.54) is 13.8 Å². The standard InChI is InChI=1S/C8H16NO4P/c1-7(2)8(10)9-5-6-13-14(4,11)12-3/h1,5-6H2,2-4H3,(H,9,10). The summed E-state index contributed by atoms with van der Waals surface area (Å²) in [5.74, 6) is -0.239. The Balaban J connectivity index is 3.62. The van der Waals surface area contributed by atoms with Crippen molar-refractivity contribution in [2.24, 2.45) is 0 Å².